The Hall–Kier alpha value is -2.87. The largest absolute Gasteiger partial charge is 0.433 e. The lowest BCUT2D eigenvalue weighted by Crippen LogP contribution is -2.50. The van der Waals surface area contributed by atoms with E-state index in [1.54, 1.807) is 4.90 Å². The molecule has 0 aliphatic carbocycles. The number of cyclic esters (lactones) is 1. The second-order valence-corrected chi connectivity index (χ2v) is 8.21. The lowest BCUT2D eigenvalue weighted by Gasteiger charge is -2.34. The SMILES string of the molecule is CCOC1OC(=O)CC1N(CCn1ccc2ccccc21)C(=O)C(CC(N)=O)C(C)C. The van der Waals surface area contributed by atoms with Gasteiger partial charge < -0.3 is 24.7 Å². The molecular weight excluding hydrogens is 398 g/mol. The molecule has 0 bridgehead atoms. The summed E-state index contributed by atoms with van der Waals surface area (Å²) in [5, 5.41) is 1.11. The van der Waals surface area contributed by atoms with E-state index in [9.17, 15) is 14.4 Å². The fourth-order valence-corrected chi connectivity index (χ4v) is 4.12. The molecule has 2 heterocycles. The number of primary amides is 1. The number of fused-ring (bicyclic) bond motifs is 1. The number of carbonyl (C=O) groups excluding carboxylic acids is 3. The zero-order valence-electron chi connectivity index (χ0n) is 18.3. The molecule has 3 rings (SSSR count). The molecule has 1 aliphatic rings. The number of esters is 1. The Morgan fingerprint density at radius 1 is 1.29 bits per heavy atom. The van der Waals surface area contributed by atoms with Crippen LogP contribution in [0.5, 0.6) is 0 Å². The average Bonchev–Trinajstić information content (AvgIpc) is 3.29. The third kappa shape index (κ3) is 5.25. The van der Waals surface area contributed by atoms with Gasteiger partial charge in [0.05, 0.1) is 6.42 Å². The molecule has 1 aromatic heterocycles. The summed E-state index contributed by atoms with van der Waals surface area (Å²) in [6, 6.07) is 9.49. The molecule has 0 spiro atoms. The number of rotatable bonds is 10. The summed E-state index contributed by atoms with van der Waals surface area (Å²) in [7, 11) is 0. The van der Waals surface area contributed by atoms with Crippen LogP contribution in [-0.4, -0.2) is 52.7 Å². The lowest BCUT2D eigenvalue weighted by atomic mass is 9.90. The summed E-state index contributed by atoms with van der Waals surface area (Å²) in [6.45, 7) is 6.83. The van der Waals surface area contributed by atoms with Gasteiger partial charge in [0.25, 0.3) is 0 Å². The zero-order chi connectivity index (χ0) is 22.5. The fourth-order valence-electron chi connectivity index (χ4n) is 4.12. The van der Waals surface area contributed by atoms with Crippen LogP contribution < -0.4 is 5.73 Å². The molecule has 2 amide bonds. The highest BCUT2D eigenvalue weighted by atomic mass is 16.7. The number of benzene rings is 1. The van der Waals surface area contributed by atoms with E-state index in [-0.39, 0.29) is 24.7 Å². The summed E-state index contributed by atoms with van der Waals surface area (Å²) in [5.41, 5.74) is 6.48. The van der Waals surface area contributed by atoms with Gasteiger partial charge in [0.2, 0.25) is 18.1 Å². The van der Waals surface area contributed by atoms with Crippen LogP contribution in [0.15, 0.2) is 36.5 Å². The molecule has 1 aliphatic heterocycles. The minimum Gasteiger partial charge on any atom is -0.433 e. The number of ether oxygens (including phenoxy) is 2. The van der Waals surface area contributed by atoms with E-state index in [1.807, 2.05) is 57.3 Å². The molecule has 31 heavy (non-hydrogen) atoms. The molecule has 8 heteroatoms. The molecule has 0 saturated carbocycles. The maximum absolute atomic E-state index is 13.6. The predicted octanol–water partition coefficient (Wildman–Crippen LogP) is 2.30. The van der Waals surface area contributed by atoms with Crippen molar-refractivity contribution in [3.05, 3.63) is 36.5 Å². The average molecular weight is 430 g/mol. The zero-order valence-corrected chi connectivity index (χ0v) is 18.3. The number of aromatic nitrogens is 1. The van der Waals surface area contributed by atoms with Gasteiger partial charge in [0, 0.05) is 43.7 Å². The van der Waals surface area contributed by atoms with Crippen molar-refractivity contribution in [1.29, 1.82) is 0 Å². The number of nitrogens with zero attached hydrogens (tertiary/aromatic N) is 2. The van der Waals surface area contributed by atoms with Crippen LogP contribution in [-0.2, 0) is 30.4 Å². The second kappa shape index (κ2) is 9.96. The Bertz CT molecular complexity index is 938. The molecule has 0 radical (unpaired) electrons. The predicted molar refractivity (Wildman–Crippen MR) is 116 cm³/mol. The van der Waals surface area contributed by atoms with Crippen molar-refractivity contribution in [2.45, 2.75) is 52.5 Å². The molecule has 2 aromatic rings. The number of para-hydroxylation sites is 1. The first-order valence-electron chi connectivity index (χ1n) is 10.8. The van der Waals surface area contributed by atoms with Crippen LogP contribution >= 0.6 is 0 Å². The molecule has 168 valence electrons. The Morgan fingerprint density at radius 2 is 2.03 bits per heavy atom. The van der Waals surface area contributed by atoms with Crippen molar-refractivity contribution in [3.63, 3.8) is 0 Å². The number of hydrogen-bond donors (Lipinski definition) is 1. The number of hydrogen-bond acceptors (Lipinski definition) is 5. The highest BCUT2D eigenvalue weighted by molar-refractivity contribution is 5.86. The molecular formula is C23H31N3O5. The van der Waals surface area contributed by atoms with E-state index in [0.29, 0.717) is 19.7 Å². The van der Waals surface area contributed by atoms with E-state index in [1.165, 1.54) is 0 Å². The second-order valence-electron chi connectivity index (χ2n) is 8.21. The molecule has 8 nitrogen and oxygen atoms in total. The van der Waals surface area contributed by atoms with E-state index in [4.69, 9.17) is 15.2 Å². The standard InChI is InChI=1S/C23H31N3O5/c1-4-30-23-19(14-21(28)31-23)26(22(29)17(15(2)3)13-20(24)27)12-11-25-10-9-16-7-5-6-8-18(16)25/h5-10,15,17,19,23H,4,11-14H2,1-3H3,(H2,24,27). The first-order valence-corrected chi connectivity index (χ1v) is 10.8. The summed E-state index contributed by atoms with van der Waals surface area (Å²) < 4.78 is 13.0. The third-order valence-corrected chi connectivity index (χ3v) is 5.76. The monoisotopic (exact) mass is 429 g/mol. The van der Waals surface area contributed by atoms with Crippen molar-refractivity contribution in [2.75, 3.05) is 13.2 Å². The van der Waals surface area contributed by atoms with Gasteiger partial charge in [-0.25, -0.2) is 0 Å². The quantitative estimate of drug-likeness (QED) is 0.584. The van der Waals surface area contributed by atoms with Crippen LogP contribution in [0.2, 0.25) is 0 Å². The first kappa shape index (κ1) is 22.8. The van der Waals surface area contributed by atoms with E-state index < -0.39 is 30.1 Å². The van der Waals surface area contributed by atoms with Crippen molar-refractivity contribution < 1.29 is 23.9 Å². The summed E-state index contributed by atoms with van der Waals surface area (Å²) in [5.74, 6) is -1.79. The number of carbonyl (C=O) groups is 3. The van der Waals surface area contributed by atoms with E-state index in [2.05, 4.69) is 4.57 Å². The lowest BCUT2D eigenvalue weighted by molar-refractivity contribution is -0.172. The molecule has 1 saturated heterocycles. The van der Waals surface area contributed by atoms with Gasteiger partial charge in [-0.15, -0.1) is 0 Å². The number of nitrogens with two attached hydrogens (primary N) is 1. The normalized spacial score (nSPS) is 19.5. The van der Waals surface area contributed by atoms with Crippen LogP contribution in [0.4, 0.5) is 0 Å². The Morgan fingerprint density at radius 3 is 2.71 bits per heavy atom. The van der Waals surface area contributed by atoms with Crippen molar-refractivity contribution >= 4 is 28.7 Å². The first-order chi connectivity index (χ1) is 14.8. The maximum atomic E-state index is 13.6. The fraction of sp³-hybridized carbons (Fsp3) is 0.522. The molecule has 1 aromatic carbocycles. The van der Waals surface area contributed by atoms with Crippen molar-refractivity contribution in [1.82, 2.24) is 9.47 Å². The Balaban J connectivity index is 1.88. The van der Waals surface area contributed by atoms with Gasteiger partial charge in [0.15, 0.2) is 0 Å². The van der Waals surface area contributed by atoms with Crippen LogP contribution in [0, 0.1) is 11.8 Å². The number of amides is 2. The van der Waals surface area contributed by atoms with Crippen molar-refractivity contribution in [2.24, 2.45) is 17.6 Å². The minimum atomic E-state index is -0.816. The third-order valence-electron chi connectivity index (χ3n) is 5.76. The summed E-state index contributed by atoms with van der Waals surface area (Å²) in [4.78, 5) is 38.9. The van der Waals surface area contributed by atoms with E-state index >= 15 is 0 Å². The molecule has 3 unspecified atom stereocenters. The highest BCUT2D eigenvalue weighted by Gasteiger charge is 2.43. The Kier molecular flexibility index (Phi) is 7.33. The molecule has 2 N–H and O–H groups in total. The van der Waals surface area contributed by atoms with Gasteiger partial charge in [-0.05, 0) is 30.4 Å². The van der Waals surface area contributed by atoms with Crippen molar-refractivity contribution in [3.8, 4) is 0 Å². The van der Waals surface area contributed by atoms with Gasteiger partial charge in [-0.1, -0.05) is 32.0 Å². The summed E-state index contributed by atoms with van der Waals surface area (Å²) in [6.07, 6.45) is 1.18. The van der Waals surface area contributed by atoms with E-state index in [0.717, 1.165) is 10.9 Å². The maximum Gasteiger partial charge on any atom is 0.310 e. The van der Waals surface area contributed by atoms with Gasteiger partial charge in [-0.3, -0.25) is 14.4 Å². The topological polar surface area (TPSA) is 104 Å². The van der Waals surface area contributed by atoms with Crippen LogP contribution in [0.25, 0.3) is 10.9 Å². The minimum absolute atomic E-state index is 0.0414. The van der Waals surface area contributed by atoms with Gasteiger partial charge in [0.1, 0.15) is 6.04 Å². The smallest absolute Gasteiger partial charge is 0.310 e. The molecule has 3 atom stereocenters. The van der Waals surface area contributed by atoms with Crippen LogP contribution in [0.3, 0.4) is 0 Å². The highest BCUT2D eigenvalue weighted by Crippen LogP contribution is 2.27. The Labute approximate surface area is 182 Å². The van der Waals surface area contributed by atoms with Gasteiger partial charge in [-0.2, -0.15) is 0 Å². The summed E-state index contributed by atoms with van der Waals surface area (Å²) >= 11 is 0. The molecule has 1 fully saturated rings. The van der Waals surface area contributed by atoms with Crippen LogP contribution in [0.1, 0.15) is 33.6 Å². The van der Waals surface area contributed by atoms with Gasteiger partial charge >= 0.3 is 5.97 Å².